The summed E-state index contributed by atoms with van der Waals surface area (Å²) < 4.78 is 18.2. The number of rotatable bonds is 4. The van der Waals surface area contributed by atoms with Crippen LogP contribution in [0.2, 0.25) is 0 Å². The highest BCUT2D eigenvalue weighted by atomic mass is 16.7. The van der Waals surface area contributed by atoms with Crippen LogP contribution in [0.1, 0.15) is 52.0 Å². The maximum atomic E-state index is 13.2. The van der Waals surface area contributed by atoms with Gasteiger partial charge in [0.05, 0.1) is 31.2 Å². The minimum absolute atomic E-state index is 0.201. The van der Waals surface area contributed by atoms with Crippen molar-refractivity contribution in [1.82, 2.24) is 4.98 Å². The lowest BCUT2D eigenvalue weighted by Crippen LogP contribution is -2.53. The Kier molecular flexibility index (Phi) is 6.32. The van der Waals surface area contributed by atoms with E-state index in [0.29, 0.717) is 30.9 Å². The van der Waals surface area contributed by atoms with Gasteiger partial charge in [-0.15, -0.1) is 0 Å². The van der Waals surface area contributed by atoms with Gasteiger partial charge in [0.25, 0.3) is 5.91 Å². The lowest BCUT2D eigenvalue weighted by atomic mass is 9.57. The number of ether oxygens (including phenoxy) is 3. The Bertz CT molecular complexity index is 1290. The van der Waals surface area contributed by atoms with Gasteiger partial charge in [0.2, 0.25) is 0 Å². The van der Waals surface area contributed by atoms with Gasteiger partial charge in [-0.1, -0.05) is 36.4 Å². The first kappa shape index (κ1) is 24.2. The molecule has 1 amide bonds. The zero-order chi connectivity index (χ0) is 25.5. The van der Waals surface area contributed by atoms with Crippen molar-refractivity contribution in [2.24, 2.45) is 5.92 Å². The molecule has 37 heavy (non-hydrogen) atoms. The number of benzene rings is 2. The molecule has 7 nitrogen and oxygen atoms in total. The summed E-state index contributed by atoms with van der Waals surface area (Å²) in [4.78, 5) is 17.4. The Morgan fingerprint density at radius 1 is 1.08 bits per heavy atom. The molecule has 0 radical (unpaired) electrons. The number of nitrogens with zero attached hydrogens (tertiary/aromatic N) is 1. The molecule has 1 aliphatic carbocycles. The molecule has 1 spiro atoms. The fourth-order valence-corrected chi connectivity index (χ4v) is 6.42. The van der Waals surface area contributed by atoms with Crippen molar-refractivity contribution in [1.29, 1.82) is 0 Å². The average molecular weight is 501 g/mol. The number of carbonyl (C=O) groups is 1. The summed E-state index contributed by atoms with van der Waals surface area (Å²) in [7, 11) is 0. The number of aryl methyl sites for hydroxylation is 1. The third-order valence-electron chi connectivity index (χ3n) is 8.28. The molecule has 7 heteroatoms. The maximum absolute atomic E-state index is 13.2. The van der Waals surface area contributed by atoms with E-state index in [9.17, 15) is 9.90 Å². The third-order valence-corrected chi connectivity index (χ3v) is 8.28. The van der Waals surface area contributed by atoms with Crippen molar-refractivity contribution >= 4 is 11.6 Å². The zero-order valence-electron chi connectivity index (χ0n) is 21.0. The van der Waals surface area contributed by atoms with Crippen LogP contribution in [0.3, 0.4) is 0 Å². The van der Waals surface area contributed by atoms with Crippen LogP contribution >= 0.6 is 0 Å². The number of fused-ring (bicyclic) bond motifs is 3. The molecule has 3 heterocycles. The van der Waals surface area contributed by atoms with E-state index < -0.39 is 12.1 Å². The standard InChI is InChI=1S/C30H32N2O5/c1-20-26(8-5-13-31-20)32-27(33)22-9-10-24-23(16-22)19-35-28(34)25-18-30(36-14-15-37-30)12-11-29(24,25)17-21-6-3-2-4-7-21/h2-10,13,16,25,28,34H,11-12,14-15,17-19H2,1H3,(H,32,33)/t25-,28?,29-/m1/s1. The zero-order valence-corrected chi connectivity index (χ0v) is 21.0. The van der Waals surface area contributed by atoms with Crippen LogP contribution in [0.15, 0.2) is 66.9 Å². The third kappa shape index (κ3) is 4.46. The number of pyridine rings is 1. The first-order valence-electron chi connectivity index (χ1n) is 13.0. The summed E-state index contributed by atoms with van der Waals surface area (Å²) in [6, 6.07) is 19.9. The first-order valence-corrected chi connectivity index (χ1v) is 13.0. The number of aliphatic hydroxyl groups excluding tert-OH is 1. The predicted octanol–water partition coefficient (Wildman–Crippen LogP) is 4.51. The molecule has 2 fully saturated rings. The first-order chi connectivity index (χ1) is 18.0. The minimum Gasteiger partial charge on any atom is -0.368 e. The molecular formula is C30H32N2O5. The lowest BCUT2D eigenvalue weighted by molar-refractivity contribution is -0.237. The highest BCUT2D eigenvalue weighted by Gasteiger charge is 2.56. The summed E-state index contributed by atoms with van der Waals surface area (Å²) >= 11 is 0. The van der Waals surface area contributed by atoms with E-state index in [0.717, 1.165) is 36.1 Å². The summed E-state index contributed by atoms with van der Waals surface area (Å²) in [6.45, 7) is 3.23. The van der Waals surface area contributed by atoms with E-state index in [1.165, 1.54) is 5.56 Å². The van der Waals surface area contributed by atoms with Crippen molar-refractivity contribution < 1.29 is 24.1 Å². The monoisotopic (exact) mass is 500 g/mol. The fraction of sp³-hybridized carbons (Fsp3) is 0.400. The van der Waals surface area contributed by atoms with E-state index in [-0.39, 0.29) is 23.8 Å². The molecule has 2 aromatic carbocycles. The Morgan fingerprint density at radius 3 is 2.68 bits per heavy atom. The number of carbonyl (C=O) groups excluding carboxylic acids is 1. The molecule has 3 aromatic rings. The largest absolute Gasteiger partial charge is 0.368 e. The molecule has 1 unspecified atom stereocenters. The smallest absolute Gasteiger partial charge is 0.255 e. The molecular weight excluding hydrogens is 468 g/mol. The molecule has 1 saturated heterocycles. The van der Waals surface area contributed by atoms with Crippen LogP contribution < -0.4 is 5.32 Å². The molecule has 0 bridgehead atoms. The van der Waals surface area contributed by atoms with E-state index in [4.69, 9.17) is 14.2 Å². The number of aliphatic hydroxyl groups is 1. The number of hydrogen-bond acceptors (Lipinski definition) is 6. The maximum Gasteiger partial charge on any atom is 0.255 e. The highest BCUT2D eigenvalue weighted by Crippen LogP contribution is 2.55. The number of aromatic nitrogens is 1. The average Bonchev–Trinajstić information content (AvgIpc) is 3.34. The van der Waals surface area contributed by atoms with Gasteiger partial charge in [-0.05, 0) is 60.7 Å². The molecule has 192 valence electrons. The topological polar surface area (TPSA) is 89.9 Å². The van der Waals surface area contributed by atoms with Crippen LogP contribution in [-0.4, -0.2) is 41.3 Å². The number of amides is 1. The van der Waals surface area contributed by atoms with Gasteiger partial charge in [0.15, 0.2) is 12.1 Å². The van der Waals surface area contributed by atoms with Crippen molar-refractivity contribution in [3.05, 3.63) is 94.8 Å². The van der Waals surface area contributed by atoms with Gasteiger partial charge in [-0.3, -0.25) is 9.78 Å². The van der Waals surface area contributed by atoms with Gasteiger partial charge in [0, 0.05) is 35.9 Å². The van der Waals surface area contributed by atoms with E-state index >= 15 is 0 Å². The van der Waals surface area contributed by atoms with E-state index in [1.807, 2.05) is 43.3 Å². The summed E-state index contributed by atoms with van der Waals surface area (Å²) in [5.41, 5.74) is 4.85. The van der Waals surface area contributed by atoms with Crippen LogP contribution in [0.5, 0.6) is 0 Å². The second-order valence-corrected chi connectivity index (χ2v) is 10.4. The van der Waals surface area contributed by atoms with Crippen LogP contribution in [-0.2, 0) is 32.7 Å². The van der Waals surface area contributed by atoms with Gasteiger partial charge >= 0.3 is 0 Å². The van der Waals surface area contributed by atoms with Crippen molar-refractivity contribution in [3.8, 4) is 0 Å². The lowest BCUT2D eigenvalue weighted by Gasteiger charge is -2.50. The fourth-order valence-electron chi connectivity index (χ4n) is 6.42. The van der Waals surface area contributed by atoms with Crippen LogP contribution in [0, 0.1) is 12.8 Å². The van der Waals surface area contributed by atoms with E-state index in [1.54, 1.807) is 12.3 Å². The van der Waals surface area contributed by atoms with Gasteiger partial charge in [0.1, 0.15) is 0 Å². The number of nitrogens with one attached hydrogen (secondary N) is 1. The van der Waals surface area contributed by atoms with Crippen LogP contribution in [0.25, 0.3) is 0 Å². The van der Waals surface area contributed by atoms with Crippen molar-refractivity contribution in [2.75, 3.05) is 18.5 Å². The van der Waals surface area contributed by atoms with Crippen LogP contribution in [0.4, 0.5) is 5.69 Å². The Hall–Kier alpha value is -3.10. The highest BCUT2D eigenvalue weighted by molar-refractivity contribution is 6.04. The number of anilines is 1. The van der Waals surface area contributed by atoms with Gasteiger partial charge < -0.3 is 24.6 Å². The second kappa shape index (κ2) is 9.65. The second-order valence-electron chi connectivity index (χ2n) is 10.4. The molecule has 1 aromatic heterocycles. The Balaban J connectivity index is 1.39. The van der Waals surface area contributed by atoms with Gasteiger partial charge in [-0.2, -0.15) is 0 Å². The quantitative estimate of drug-likeness (QED) is 0.548. The predicted molar refractivity (Wildman–Crippen MR) is 138 cm³/mol. The van der Waals surface area contributed by atoms with E-state index in [2.05, 4.69) is 28.5 Å². The normalized spacial score (nSPS) is 26.2. The summed E-state index contributed by atoms with van der Waals surface area (Å²) in [5, 5.41) is 14.3. The molecule has 2 aliphatic heterocycles. The summed E-state index contributed by atoms with van der Waals surface area (Å²) in [6.07, 6.45) is 3.56. The Morgan fingerprint density at radius 2 is 1.89 bits per heavy atom. The van der Waals surface area contributed by atoms with Crippen molar-refractivity contribution in [3.63, 3.8) is 0 Å². The minimum atomic E-state index is -0.976. The Labute approximate surface area is 216 Å². The molecule has 3 atom stereocenters. The molecule has 2 N–H and O–H groups in total. The molecule has 3 aliphatic rings. The number of hydrogen-bond donors (Lipinski definition) is 2. The molecule has 6 rings (SSSR count). The summed E-state index contributed by atoms with van der Waals surface area (Å²) in [5.74, 6) is -1.09. The van der Waals surface area contributed by atoms with Gasteiger partial charge in [-0.25, -0.2) is 0 Å². The SMILES string of the molecule is Cc1ncccc1NC(=O)c1ccc2c(c1)COC(O)[C@H]1CC3(CC[C@@]21Cc1ccccc1)OCCO3. The van der Waals surface area contributed by atoms with Crippen molar-refractivity contribution in [2.45, 2.75) is 56.7 Å². The molecule has 1 saturated carbocycles.